The Kier molecular flexibility index (Phi) is 7.40. The van der Waals surface area contributed by atoms with Gasteiger partial charge in [0.05, 0.1) is 10.8 Å². The van der Waals surface area contributed by atoms with E-state index in [-0.39, 0.29) is 11.9 Å². The summed E-state index contributed by atoms with van der Waals surface area (Å²) in [5, 5.41) is 10.5. The number of amides is 1. The zero-order chi connectivity index (χ0) is 22.7. The summed E-state index contributed by atoms with van der Waals surface area (Å²) < 4.78 is 1.93. The maximum absolute atomic E-state index is 12.9. The summed E-state index contributed by atoms with van der Waals surface area (Å²) in [4.78, 5) is 17.1. The minimum Gasteiger partial charge on any atom is -0.342 e. The molecule has 3 aromatic rings. The number of carbonyl (C=O) groups is 1. The molecule has 32 heavy (non-hydrogen) atoms. The minimum atomic E-state index is 0.0956. The number of para-hydroxylation sites is 1. The molecule has 0 unspecified atom stereocenters. The zero-order valence-electron chi connectivity index (χ0n) is 18.0. The van der Waals surface area contributed by atoms with Gasteiger partial charge in [0, 0.05) is 29.4 Å². The summed E-state index contributed by atoms with van der Waals surface area (Å²) in [5.74, 6) is 0.997. The summed E-state index contributed by atoms with van der Waals surface area (Å²) in [5.41, 5.74) is 1.63. The first-order valence-electron chi connectivity index (χ1n) is 10.5. The van der Waals surface area contributed by atoms with Crippen molar-refractivity contribution < 1.29 is 4.79 Å². The van der Waals surface area contributed by atoms with E-state index in [9.17, 15) is 4.79 Å². The Hall–Kier alpha value is -2.06. The van der Waals surface area contributed by atoms with Crippen LogP contribution in [-0.2, 0) is 4.79 Å². The van der Waals surface area contributed by atoms with Gasteiger partial charge in [-0.1, -0.05) is 53.2 Å². The third-order valence-corrected chi connectivity index (χ3v) is 7.24. The lowest BCUT2D eigenvalue weighted by Crippen LogP contribution is -2.45. The lowest BCUT2D eigenvalue weighted by molar-refractivity contribution is -0.129. The van der Waals surface area contributed by atoms with Gasteiger partial charge in [-0.2, -0.15) is 0 Å². The van der Waals surface area contributed by atoms with Gasteiger partial charge in [-0.15, -0.1) is 10.2 Å². The number of thioether (sulfide) groups is 1. The molecule has 1 aromatic heterocycles. The van der Waals surface area contributed by atoms with Gasteiger partial charge in [-0.25, -0.2) is 0 Å². The van der Waals surface area contributed by atoms with E-state index >= 15 is 0 Å². The van der Waals surface area contributed by atoms with Gasteiger partial charge < -0.3 is 9.80 Å². The summed E-state index contributed by atoms with van der Waals surface area (Å²) >= 11 is 13.9. The number of aromatic nitrogens is 3. The van der Waals surface area contributed by atoms with Crippen LogP contribution in [0.25, 0.3) is 17.1 Å². The predicted molar refractivity (Wildman–Crippen MR) is 131 cm³/mol. The van der Waals surface area contributed by atoms with Gasteiger partial charge in [0.1, 0.15) is 0 Å². The van der Waals surface area contributed by atoms with Gasteiger partial charge in [-0.3, -0.25) is 9.36 Å². The second-order valence-corrected chi connectivity index (χ2v) is 9.72. The second-order valence-electron chi connectivity index (χ2n) is 7.93. The number of hydrogen-bond donors (Lipinski definition) is 0. The molecule has 2 aromatic carbocycles. The molecule has 0 spiro atoms. The molecule has 1 fully saturated rings. The fraction of sp³-hybridized carbons (Fsp3) is 0.348. The number of rotatable bonds is 6. The molecule has 9 heteroatoms. The van der Waals surface area contributed by atoms with Gasteiger partial charge in [-0.05, 0) is 63.3 Å². The number of hydrogen-bond acceptors (Lipinski definition) is 5. The molecule has 1 saturated heterocycles. The summed E-state index contributed by atoms with van der Waals surface area (Å²) in [6.45, 7) is 2.03. The fourth-order valence-corrected chi connectivity index (χ4v) is 5.20. The van der Waals surface area contributed by atoms with Crippen LogP contribution >= 0.6 is 35.0 Å². The van der Waals surface area contributed by atoms with Gasteiger partial charge >= 0.3 is 0 Å². The monoisotopic (exact) mass is 489 g/mol. The molecule has 0 saturated carbocycles. The standard InChI is InChI=1S/C23H25Cl2N5OS/c1-28-12-10-17(11-13-28)29(2)21(31)15-32-23-27-26-22(19-9-8-16(24)14-20(19)25)30(23)18-6-4-3-5-7-18/h3-9,14,17H,10-13,15H2,1-2H3. The van der Waals surface area contributed by atoms with Crippen molar-refractivity contribution in [3.05, 3.63) is 58.6 Å². The quantitative estimate of drug-likeness (QED) is 0.461. The largest absolute Gasteiger partial charge is 0.342 e. The SMILES string of the molecule is CN1CCC(N(C)C(=O)CSc2nnc(-c3ccc(Cl)cc3Cl)n2-c2ccccc2)CC1. The molecule has 0 atom stereocenters. The van der Waals surface area contributed by atoms with Crippen LogP contribution < -0.4 is 0 Å². The highest BCUT2D eigenvalue weighted by Gasteiger charge is 2.25. The van der Waals surface area contributed by atoms with E-state index in [1.54, 1.807) is 12.1 Å². The number of carbonyl (C=O) groups excluding carboxylic acids is 1. The first-order chi connectivity index (χ1) is 15.4. The van der Waals surface area contributed by atoms with E-state index in [2.05, 4.69) is 22.1 Å². The van der Waals surface area contributed by atoms with Crippen molar-refractivity contribution >= 4 is 40.9 Å². The molecule has 2 heterocycles. The molecule has 168 valence electrons. The van der Waals surface area contributed by atoms with E-state index in [0.29, 0.717) is 26.8 Å². The van der Waals surface area contributed by atoms with Crippen molar-refractivity contribution in [2.24, 2.45) is 0 Å². The highest BCUT2D eigenvalue weighted by atomic mass is 35.5. The summed E-state index contributed by atoms with van der Waals surface area (Å²) in [6.07, 6.45) is 2.01. The molecule has 1 aliphatic heterocycles. The Morgan fingerprint density at radius 1 is 1.12 bits per heavy atom. The molecule has 0 bridgehead atoms. The third kappa shape index (κ3) is 5.12. The average Bonchev–Trinajstić information content (AvgIpc) is 3.21. The maximum Gasteiger partial charge on any atom is 0.233 e. The lowest BCUT2D eigenvalue weighted by atomic mass is 10.0. The number of likely N-dealkylation sites (tertiary alicyclic amines) is 1. The van der Waals surface area contributed by atoms with Crippen molar-refractivity contribution in [3.63, 3.8) is 0 Å². The van der Waals surface area contributed by atoms with Gasteiger partial charge in [0.2, 0.25) is 5.91 Å². The molecule has 4 rings (SSSR count). The van der Waals surface area contributed by atoms with Crippen LogP contribution in [0.3, 0.4) is 0 Å². The van der Waals surface area contributed by atoms with Crippen molar-refractivity contribution in [2.45, 2.75) is 24.0 Å². The van der Waals surface area contributed by atoms with Crippen LogP contribution in [0, 0.1) is 0 Å². The highest BCUT2D eigenvalue weighted by molar-refractivity contribution is 7.99. The Morgan fingerprint density at radius 3 is 2.53 bits per heavy atom. The molecule has 0 N–H and O–H groups in total. The maximum atomic E-state index is 12.9. The van der Waals surface area contributed by atoms with Crippen molar-refractivity contribution in [3.8, 4) is 17.1 Å². The molecule has 6 nitrogen and oxygen atoms in total. The van der Waals surface area contributed by atoms with E-state index in [1.807, 2.05) is 52.9 Å². The predicted octanol–water partition coefficient (Wildman–Crippen LogP) is 4.89. The summed E-state index contributed by atoms with van der Waals surface area (Å²) in [7, 11) is 4.02. The molecule has 0 radical (unpaired) electrons. The fourth-order valence-electron chi connectivity index (χ4n) is 3.83. The minimum absolute atomic E-state index is 0.0956. The number of halogens is 2. The average molecular weight is 490 g/mol. The molecule has 1 amide bonds. The molecular formula is C23H25Cl2N5OS. The zero-order valence-corrected chi connectivity index (χ0v) is 20.4. The topological polar surface area (TPSA) is 54.3 Å². The van der Waals surface area contributed by atoms with E-state index in [0.717, 1.165) is 37.2 Å². The molecule has 0 aliphatic carbocycles. The Bertz CT molecular complexity index is 1080. The van der Waals surface area contributed by atoms with Crippen LogP contribution in [0.4, 0.5) is 0 Å². The molecule has 1 aliphatic rings. The second kappa shape index (κ2) is 10.3. The summed E-state index contributed by atoms with van der Waals surface area (Å²) in [6, 6.07) is 15.4. The van der Waals surface area contributed by atoms with Crippen LogP contribution in [0.5, 0.6) is 0 Å². The van der Waals surface area contributed by atoms with Crippen LogP contribution in [0.15, 0.2) is 53.7 Å². The van der Waals surface area contributed by atoms with Crippen LogP contribution in [0.1, 0.15) is 12.8 Å². The smallest absolute Gasteiger partial charge is 0.233 e. The Balaban J connectivity index is 1.57. The lowest BCUT2D eigenvalue weighted by Gasteiger charge is -2.35. The van der Waals surface area contributed by atoms with Crippen LogP contribution in [-0.4, -0.2) is 69.5 Å². The highest BCUT2D eigenvalue weighted by Crippen LogP contribution is 2.33. The normalized spacial score (nSPS) is 15.1. The van der Waals surface area contributed by atoms with Crippen LogP contribution in [0.2, 0.25) is 10.0 Å². The first kappa shape index (κ1) is 23.1. The molecular weight excluding hydrogens is 465 g/mol. The van der Waals surface area contributed by atoms with Crippen molar-refractivity contribution in [1.29, 1.82) is 0 Å². The first-order valence-corrected chi connectivity index (χ1v) is 12.2. The Labute approximate surface area is 202 Å². The number of nitrogens with zero attached hydrogens (tertiary/aromatic N) is 5. The number of benzene rings is 2. The van der Waals surface area contributed by atoms with Crippen molar-refractivity contribution in [1.82, 2.24) is 24.6 Å². The van der Waals surface area contributed by atoms with E-state index in [1.165, 1.54) is 11.8 Å². The van der Waals surface area contributed by atoms with Gasteiger partial charge in [0.25, 0.3) is 0 Å². The third-order valence-electron chi connectivity index (χ3n) is 5.77. The van der Waals surface area contributed by atoms with Crippen molar-refractivity contribution in [2.75, 3.05) is 32.9 Å². The van der Waals surface area contributed by atoms with E-state index in [4.69, 9.17) is 23.2 Å². The Morgan fingerprint density at radius 2 is 1.84 bits per heavy atom. The van der Waals surface area contributed by atoms with E-state index < -0.39 is 0 Å². The number of piperidine rings is 1. The van der Waals surface area contributed by atoms with Gasteiger partial charge in [0.15, 0.2) is 11.0 Å².